The molecule has 0 saturated heterocycles. The molecule has 0 amide bonds. The van der Waals surface area contributed by atoms with Crippen LogP contribution in [0.1, 0.15) is 20.3 Å². The van der Waals surface area contributed by atoms with Crippen LogP contribution in [0.15, 0.2) is 16.6 Å². The maximum Gasteiger partial charge on any atom is 0.313 e. The lowest BCUT2D eigenvalue weighted by Gasteiger charge is -2.41. The first-order valence-electron chi connectivity index (χ1n) is 5.57. The zero-order valence-electron chi connectivity index (χ0n) is 10.3. The van der Waals surface area contributed by atoms with E-state index in [0.717, 1.165) is 0 Å². The van der Waals surface area contributed by atoms with Gasteiger partial charge in [0.15, 0.2) is 0 Å². The van der Waals surface area contributed by atoms with Crippen molar-refractivity contribution in [1.82, 2.24) is 0 Å². The van der Waals surface area contributed by atoms with Crippen LogP contribution in [0, 0.1) is 15.5 Å². The number of hydrogen-bond acceptors (Lipinski definition) is 4. The average Bonchev–Trinajstić information content (AvgIpc) is 2.30. The van der Waals surface area contributed by atoms with Crippen molar-refractivity contribution in [1.29, 1.82) is 0 Å². The molecule has 0 heterocycles. The zero-order valence-corrected chi connectivity index (χ0v) is 12.6. The Morgan fingerprint density at radius 2 is 2.16 bits per heavy atom. The van der Waals surface area contributed by atoms with Gasteiger partial charge in [-0.1, -0.05) is 11.6 Å². The van der Waals surface area contributed by atoms with Gasteiger partial charge in [0, 0.05) is 17.5 Å². The molecule has 0 N–H and O–H groups in total. The van der Waals surface area contributed by atoms with Crippen molar-refractivity contribution in [2.24, 2.45) is 5.41 Å². The summed E-state index contributed by atoms with van der Waals surface area (Å²) < 4.78 is 6.05. The van der Waals surface area contributed by atoms with Crippen molar-refractivity contribution >= 4 is 39.0 Å². The van der Waals surface area contributed by atoms with E-state index < -0.39 is 10.3 Å². The van der Waals surface area contributed by atoms with Gasteiger partial charge in [0.25, 0.3) is 0 Å². The Hall–Kier alpha value is -1.14. The van der Waals surface area contributed by atoms with Crippen LogP contribution in [0.4, 0.5) is 5.69 Å². The molecule has 2 rings (SSSR count). The van der Waals surface area contributed by atoms with Crippen LogP contribution in [0.2, 0.25) is 5.02 Å². The van der Waals surface area contributed by atoms with E-state index in [0.29, 0.717) is 4.47 Å². The molecular formula is C12H11BrClNO4. The van der Waals surface area contributed by atoms with Crippen LogP contribution >= 0.6 is 27.5 Å². The summed E-state index contributed by atoms with van der Waals surface area (Å²) in [6.45, 7) is 3.53. The number of benzene rings is 1. The number of Topliss-reactive ketones (excluding diaryl/α,β-unsaturated/α-hetero) is 1. The van der Waals surface area contributed by atoms with E-state index >= 15 is 0 Å². The van der Waals surface area contributed by atoms with Gasteiger partial charge in [-0.05, 0) is 35.8 Å². The van der Waals surface area contributed by atoms with Crippen molar-refractivity contribution in [3.63, 3.8) is 0 Å². The monoisotopic (exact) mass is 347 g/mol. The highest BCUT2D eigenvalue weighted by molar-refractivity contribution is 9.10. The molecule has 1 unspecified atom stereocenters. The van der Waals surface area contributed by atoms with Crippen molar-refractivity contribution in [3.8, 4) is 5.75 Å². The quantitative estimate of drug-likeness (QED) is 0.616. The first-order chi connectivity index (χ1) is 8.73. The van der Waals surface area contributed by atoms with Gasteiger partial charge >= 0.3 is 5.69 Å². The number of halogens is 2. The van der Waals surface area contributed by atoms with Gasteiger partial charge in [-0.2, -0.15) is 0 Å². The maximum atomic E-state index is 11.5. The van der Waals surface area contributed by atoms with Crippen LogP contribution < -0.4 is 4.74 Å². The van der Waals surface area contributed by atoms with E-state index in [1.165, 1.54) is 12.1 Å². The fraction of sp³-hybridized carbons (Fsp3) is 0.417. The first-order valence-corrected chi connectivity index (χ1v) is 6.74. The third-order valence-corrected chi connectivity index (χ3v) is 4.15. The minimum absolute atomic E-state index is 0.0882. The summed E-state index contributed by atoms with van der Waals surface area (Å²) in [5, 5.41) is 11.3. The smallest absolute Gasteiger partial charge is 0.313 e. The van der Waals surface area contributed by atoms with Gasteiger partial charge in [0.2, 0.25) is 5.75 Å². The Bertz CT molecular complexity index is 573. The van der Waals surface area contributed by atoms with Crippen molar-refractivity contribution in [2.45, 2.75) is 26.4 Å². The van der Waals surface area contributed by atoms with E-state index in [4.69, 9.17) is 16.3 Å². The Balaban J connectivity index is 2.35. The third-order valence-electron chi connectivity index (χ3n) is 3.34. The van der Waals surface area contributed by atoms with Crippen LogP contribution in [0.25, 0.3) is 0 Å². The minimum atomic E-state index is -0.618. The molecule has 0 aliphatic heterocycles. The molecule has 7 heteroatoms. The van der Waals surface area contributed by atoms with E-state index in [2.05, 4.69) is 15.9 Å². The number of hydrogen-bond donors (Lipinski definition) is 0. The Kier molecular flexibility index (Phi) is 3.57. The summed E-state index contributed by atoms with van der Waals surface area (Å²) in [4.78, 5) is 21.9. The molecule has 0 spiro atoms. The molecule has 5 nitrogen and oxygen atoms in total. The zero-order chi connectivity index (χ0) is 14.4. The summed E-state index contributed by atoms with van der Waals surface area (Å²) in [6.07, 6.45) is -0.102. The fourth-order valence-corrected chi connectivity index (χ4v) is 2.75. The lowest BCUT2D eigenvalue weighted by atomic mass is 9.68. The molecule has 1 saturated carbocycles. The number of nitrogens with zero attached hydrogens (tertiary/aromatic N) is 1. The maximum absolute atomic E-state index is 11.5. The van der Waals surface area contributed by atoms with Crippen LogP contribution in [-0.4, -0.2) is 16.8 Å². The molecule has 0 bridgehead atoms. The second-order valence-electron chi connectivity index (χ2n) is 4.95. The highest BCUT2D eigenvalue weighted by Gasteiger charge is 2.50. The lowest BCUT2D eigenvalue weighted by molar-refractivity contribution is -0.386. The number of ether oxygens (including phenoxy) is 1. The normalized spacial score (nSPS) is 20.8. The van der Waals surface area contributed by atoms with Crippen molar-refractivity contribution in [3.05, 3.63) is 31.7 Å². The number of carbonyl (C=O) groups is 1. The first kappa shape index (κ1) is 14.3. The fourth-order valence-electron chi connectivity index (χ4n) is 1.87. The predicted octanol–water partition coefficient (Wildman–Crippen LogP) is 3.76. The molecule has 1 atom stereocenters. The van der Waals surface area contributed by atoms with Gasteiger partial charge < -0.3 is 4.74 Å². The lowest BCUT2D eigenvalue weighted by Crippen LogP contribution is -2.53. The number of rotatable bonds is 3. The summed E-state index contributed by atoms with van der Waals surface area (Å²) in [5.41, 5.74) is -0.832. The summed E-state index contributed by atoms with van der Waals surface area (Å²) in [5.74, 6) is 0.199. The number of carbonyl (C=O) groups excluding carboxylic acids is 1. The third kappa shape index (κ3) is 2.47. The molecule has 1 aliphatic rings. The summed E-state index contributed by atoms with van der Waals surface area (Å²) >= 11 is 8.99. The second-order valence-corrected chi connectivity index (χ2v) is 6.24. The highest BCUT2D eigenvalue weighted by atomic mass is 79.9. The Labute approximate surface area is 123 Å². The molecule has 1 aliphatic carbocycles. The number of ketones is 1. The Morgan fingerprint density at radius 1 is 1.53 bits per heavy atom. The molecule has 102 valence electrons. The van der Waals surface area contributed by atoms with Gasteiger partial charge in [-0.3, -0.25) is 14.9 Å². The van der Waals surface area contributed by atoms with E-state index in [1.54, 1.807) is 13.8 Å². The molecule has 0 radical (unpaired) electrons. The van der Waals surface area contributed by atoms with Gasteiger partial charge in [-0.25, -0.2) is 0 Å². The second kappa shape index (κ2) is 4.76. The minimum Gasteiger partial charge on any atom is -0.481 e. The summed E-state index contributed by atoms with van der Waals surface area (Å²) in [7, 11) is 0. The SMILES string of the molecule is CC1(C)C(=O)CC1Oc1c(Br)cc(Cl)cc1[N+](=O)[O-]. The molecule has 1 aromatic carbocycles. The van der Waals surface area contributed by atoms with E-state index in [1.807, 2.05) is 0 Å². The molecule has 1 fully saturated rings. The standard InChI is InChI=1S/C12H11BrClNO4/c1-12(2)9(16)5-10(12)19-11-7(13)3-6(14)4-8(11)15(17)18/h3-4,10H,5H2,1-2H3. The average molecular weight is 349 g/mol. The van der Waals surface area contributed by atoms with Gasteiger partial charge in [0.1, 0.15) is 11.9 Å². The van der Waals surface area contributed by atoms with E-state index in [9.17, 15) is 14.9 Å². The number of nitro groups is 1. The van der Waals surface area contributed by atoms with Gasteiger partial charge in [0.05, 0.1) is 14.8 Å². The van der Waals surface area contributed by atoms with Crippen molar-refractivity contribution < 1.29 is 14.5 Å². The van der Waals surface area contributed by atoms with Crippen LogP contribution in [0.3, 0.4) is 0 Å². The topological polar surface area (TPSA) is 69.4 Å². The highest BCUT2D eigenvalue weighted by Crippen LogP contribution is 2.44. The van der Waals surface area contributed by atoms with Gasteiger partial charge in [-0.15, -0.1) is 0 Å². The number of nitro benzene ring substituents is 1. The molecular weight excluding hydrogens is 337 g/mol. The Morgan fingerprint density at radius 3 is 2.63 bits per heavy atom. The largest absolute Gasteiger partial charge is 0.481 e. The van der Waals surface area contributed by atoms with Crippen LogP contribution in [0.5, 0.6) is 5.75 Å². The summed E-state index contributed by atoms with van der Waals surface area (Å²) in [6, 6.07) is 2.76. The molecule has 1 aromatic rings. The van der Waals surface area contributed by atoms with Crippen LogP contribution in [-0.2, 0) is 4.79 Å². The molecule has 19 heavy (non-hydrogen) atoms. The molecule has 0 aromatic heterocycles. The predicted molar refractivity (Wildman–Crippen MR) is 73.6 cm³/mol. The van der Waals surface area contributed by atoms with E-state index in [-0.39, 0.29) is 34.8 Å². The van der Waals surface area contributed by atoms with Crippen molar-refractivity contribution in [2.75, 3.05) is 0 Å².